The predicted octanol–water partition coefficient (Wildman–Crippen LogP) is 2.97. The second-order valence-electron chi connectivity index (χ2n) is 6.46. The molecule has 3 aromatic heterocycles. The van der Waals surface area contributed by atoms with Crippen molar-refractivity contribution in [1.82, 2.24) is 30.0 Å². The second-order valence-corrected chi connectivity index (χ2v) is 6.46. The number of hydrogen-bond donors (Lipinski definition) is 1. The third kappa shape index (κ3) is 3.79. The van der Waals surface area contributed by atoms with Gasteiger partial charge in [0.15, 0.2) is 5.82 Å². The highest BCUT2D eigenvalue weighted by atomic mass is 16.5. The van der Waals surface area contributed by atoms with Crippen molar-refractivity contribution >= 4 is 5.91 Å². The molecule has 136 valence electrons. The molecule has 8 heteroatoms. The lowest BCUT2D eigenvalue weighted by molar-refractivity contribution is 0.0934. The Balaban J connectivity index is 1.83. The third-order valence-corrected chi connectivity index (χ3v) is 4.02. The number of carbonyl (C=O) groups is 1. The van der Waals surface area contributed by atoms with Crippen molar-refractivity contribution in [3.05, 3.63) is 42.4 Å². The molecule has 0 saturated carbocycles. The summed E-state index contributed by atoms with van der Waals surface area (Å²) in [5.41, 5.74) is 1.10. The van der Waals surface area contributed by atoms with Crippen molar-refractivity contribution in [2.24, 2.45) is 0 Å². The summed E-state index contributed by atoms with van der Waals surface area (Å²) in [4.78, 5) is 25.1. The summed E-state index contributed by atoms with van der Waals surface area (Å²) in [6, 6.07) is 3.71. The molecule has 8 nitrogen and oxygen atoms in total. The fourth-order valence-electron chi connectivity index (χ4n) is 2.24. The van der Waals surface area contributed by atoms with Gasteiger partial charge in [0.05, 0.1) is 0 Å². The summed E-state index contributed by atoms with van der Waals surface area (Å²) in [6.07, 6.45) is 5.73. The van der Waals surface area contributed by atoms with Gasteiger partial charge in [-0.1, -0.05) is 25.9 Å². The number of pyridine rings is 1. The van der Waals surface area contributed by atoms with Crippen molar-refractivity contribution in [1.29, 1.82) is 0 Å². The largest absolute Gasteiger partial charge is 0.348 e. The van der Waals surface area contributed by atoms with Gasteiger partial charge < -0.3 is 9.84 Å². The molecular weight excluding hydrogens is 332 g/mol. The first-order chi connectivity index (χ1) is 12.5. The Labute approximate surface area is 151 Å². The lowest BCUT2D eigenvalue weighted by Crippen LogP contribution is -2.32. The molecule has 3 heterocycles. The molecule has 0 radical (unpaired) electrons. The van der Waals surface area contributed by atoms with E-state index in [2.05, 4.69) is 25.4 Å². The zero-order valence-electron chi connectivity index (χ0n) is 15.3. The number of nitrogens with one attached hydrogen (secondary N) is 1. The summed E-state index contributed by atoms with van der Waals surface area (Å²) >= 11 is 0. The monoisotopic (exact) mass is 354 g/mol. The van der Waals surface area contributed by atoms with E-state index in [0.29, 0.717) is 23.2 Å². The van der Waals surface area contributed by atoms with Gasteiger partial charge in [-0.15, -0.1) is 0 Å². The van der Waals surface area contributed by atoms with Crippen LogP contribution in [0.5, 0.6) is 0 Å². The Bertz CT molecular complexity index is 898. The molecule has 1 atom stereocenters. The highest BCUT2D eigenvalue weighted by molar-refractivity contribution is 5.92. The molecule has 0 saturated heterocycles. The first-order valence-corrected chi connectivity index (χ1v) is 8.63. The standard InChI is InChI=1S/C18H22N6O2/c1-5-12(4)21-17(25)14-9-24(10-20-14)15-8-13(6-7-19-15)18-22-16(11(2)3)23-26-18/h6-12H,5H2,1-4H3,(H,21,25)/t12-/m1/s1. The normalized spacial score (nSPS) is 12.3. The van der Waals surface area contributed by atoms with Crippen molar-refractivity contribution < 1.29 is 9.32 Å². The minimum atomic E-state index is -0.201. The molecule has 0 fully saturated rings. The number of aromatic nitrogens is 5. The van der Waals surface area contributed by atoms with Crippen LogP contribution in [0.25, 0.3) is 17.3 Å². The summed E-state index contributed by atoms with van der Waals surface area (Å²) in [5, 5.41) is 6.87. The first-order valence-electron chi connectivity index (χ1n) is 8.63. The number of carbonyl (C=O) groups excluding carboxylic acids is 1. The minimum Gasteiger partial charge on any atom is -0.348 e. The molecule has 3 rings (SSSR count). The van der Waals surface area contributed by atoms with E-state index < -0.39 is 0 Å². The Hall–Kier alpha value is -3.03. The molecule has 1 amide bonds. The van der Waals surface area contributed by atoms with Gasteiger partial charge in [0.25, 0.3) is 11.8 Å². The van der Waals surface area contributed by atoms with Crippen LogP contribution in [0.4, 0.5) is 0 Å². The van der Waals surface area contributed by atoms with E-state index in [-0.39, 0.29) is 17.9 Å². The van der Waals surface area contributed by atoms with Crippen LogP contribution in [0, 0.1) is 0 Å². The lowest BCUT2D eigenvalue weighted by Gasteiger charge is -2.09. The van der Waals surface area contributed by atoms with E-state index in [1.807, 2.05) is 33.8 Å². The number of imidazole rings is 1. The van der Waals surface area contributed by atoms with Crippen LogP contribution in [0.3, 0.4) is 0 Å². The van der Waals surface area contributed by atoms with Crippen LogP contribution >= 0.6 is 0 Å². The second kappa shape index (κ2) is 7.47. The molecule has 0 aromatic carbocycles. The third-order valence-electron chi connectivity index (χ3n) is 4.02. The van der Waals surface area contributed by atoms with Crippen LogP contribution in [0.15, 0.2) is 35.4 Å². The topological polar surface area (TPSA) is 98.7 Å². The summed E-state index contributed by atoms with van der Waals surface area (Å²) in [7, 11) is 0. The van der Waals surface area contributed by atoms with E-state index in [1.54, 1.807) is 29.4 Å². The highest BCUT2D eigenvalue weighted by Crippen LogP contribution is 2.21. The average molecular weight is 354 g/mol. The zero-order chi connectivity index (χ0) is 18.7. The van der Waals surface area contributed by atoms with Crippen LogP contribution in [0.2, 0.25) is 0 Å². The Kier molecular flexibility index (Phi) is 5.11. The Morgan fingerprint density at radius 2 is 2.12 bits per heavy atom. The molecule has 26 heavy (non-hydrogen) atoms. The van der Waals surface area contributed by atoms with E-state index in [0.717, 1.165) is 12.0 Å². The summed E-state index contributed by atoms with van der Waals surface area (Å²) in [6.45, 7) is 7.98. The first kappa shape index (κ1) is 17.8. The van der Waals surface area contributed by atoms with E-state index in [4.69, 9.17) is 4.52 Å². The van der Waals surface area contributed by atoms with Gasteiger partial charge in [-0.3, -0.25) is 9.36 Å². The van der Waals surface area contributed by atoms with Crippen LogP contribution in [-0.4, -0.2) is 36.6 Å². The zero-order valence-corrected chi connectivity index (χ0v) is 15.3. The molecule has 3 aromatic rings. The number of rotatable bonds is 6. The van der Waals surface area contributed by atoms with Gasteiger partial charge in [0.2, 0.25) is 0 Å². The summed E-state index contributed by atoms with van der Waals surface area (Å²) < 4.78 is 7.01. The van der Waals surface area contributed by atoms with Gasteiger partial charge >= 0.3 is 0 Å². The van der Waals surface area contributed by atoms with Gasteiger partial charge in [0, 0.05) is 29.9 Å². The van der Waals surface area contributed by atoms with Crippen molar-refractivity contribution in [3.63, 3.8) is 0 Å². The average Bonchev–Trinajstić information content (AvgIpc) is 3.31. The van der Waals surface area contributed by atoms with Crippen LogP contribution in [0.1, 0.15) is 56.3 Å². The van der Waals surface area contributed by atoms with Crippen LogP contribution in [-0.2, 0) is 0 Å². The van der Waals surface area contributed by atoms with Crippen molar-refractivity contribution in [3.8, 4) is 17.3 Å². The number of nitrogens with zero attached hydrogens (tertiary/aromatic N) is 5. The van der Waals surface area contributed by atoms with Crippen molar-refractivity contribution in [2.75, 3.05) is 0 Å². The van der Waals surface area contributed by atoms with Crippen LogP contribution < -0.4 is 5.32 Å². The summed E-state index contributed by atoms with van der Waals surface area (Å²) in [5.74, 6) is 1.70. The van der Waals surface area contributed by atoms with Gasteiger partial charge in [-0.25, -0.2) is 9.97 Å². The molecule has 1 N–H and O–H groups in total. The molecule has 0 aliphatic heterocycles. The number of amides is 1. The molecule has 0 aliphatic carbocycles. The maximum Gasteiger partial charge on any atom is 0.271 e. The highest BCUT2D eigenvalue weighted by Gasteiger charge is 2.15. The van der Waals surface area contributed by atoms with Gasteiger partial charge in [-0.2, -0.15) is 4.98 Å². The molecule has 0 unspecified atom stereocenters. The Morgan fingerprint density at radius 3 is 2.81 bits per heavy atom. The molecular formula is C18H22N6O2. The maximum atomic E-state index is 12.2. The minimum absolute atomic E-state index is 0.0989. The fraction of sp³-hybridized carbons (Fsp3) is 0.389. The quantitative estimate of drug-likeness (QED) is 0.731. The molecule has 0 bridgehead atoms. The Morgan fingerprint density at radius 1 is 1.31 bits per heavy atom. The predicted molar refractivity (Wildman–Crippen MR) is 96.0 cm³/mol. The van der Waals surface area contributed by atoms with E-state index in [1.165, 1.54) is 0 Å². The maximum absolute atomic E-state index is 12.2. The van der Waals surface area contributed by atoms with E-state index in [9.17, 15) is 4.79 Å². The fourth-order valence-corrected chi connectivity index (χ4v) is 2.24. The lowest BCUT2D eigenvalue weighted by atomic mass is 10.2. The SMILES string of the molecule is CC[C@@H](C)NC(=O)c1cn(-c2cc(-c3nc(C(C)C)no3)ccn2)cn1. The molecule has 0 aliphatic rings. The molecule has 0 spiro atoms. The smallest absolute Gasteiger partial charge is 0.271 e. The van der Waals surface area contributed by atoms with Gasteiger partial charge in [-0.05, 0) is 25.5 Å². The van der Waals surface area contributed by atoms with Gasteiger partial charge in [0.1, 0.15) is 17.8 Å². The van der Waals surface area contributed by atoms with E-state index >= 15 is 0 Å². The number of hydrogen-bond acceptors (Lipinski definition) is 6. The van der Waals surface area contributed by atoms with Crippen molar-refractivity contribution in [2.45, 2.75) is 46.1 Å².